The maximum absolute atomic E-state index is 7.31. The maximum Gasteiger partial charge on any atom is 0.185 e. The van der Waals surface area contributed by atoms with Crippen LogP contribution in [0, 0.1) is 5.41 Å². The van der Waals surface area contributed by atoms with Crippen molar-refractivity contribution in [3.63, 3.8) is 0 Å². The summed E-state index contributed by atoms with van der Waals surface area (Å²) in [5.74, 6) is 0.0336. The van der Waals surface area contributed by atoms with E-state index in [1.54, 1.807) is 0 Å². The van der Waals surface area contributed by atoms with E-state index in [0.717, 1.165) is 58.3 Å². The number of nitrogens with one attached hydrogen (secondary N) is 5. The zero-order valence-electron chi connectivity index (χ0n) is 18.9. The van der Waals surface area contributed by atoms with Crippen LogP contribution in [-0.2, 0) is 6.42 Å². The molecule has 7 heteroatoms. The van der Waals surface area contributed by atoms with Crippen LogP contribution >= 0.6 is 0 Å². The topological polar surface area (TPSA) is 124 Å². The normalized spacial score (nSPS) is 13.2. The van der Waals surface area contributed by atoms with Crippen LogP contribution < -0.4 is 32.7 Å². The van der Waals surface area contributed by atoms with Crippen LogP contribution in [-0.4, -0.2) is 57.8 Å². The molecule has 0 aliphatic carbocycles. The van der Waals surface area contributed by atoms with E-state index in [-0.39, 0.29) is 5.96 Å². The van der Waals surface area contributed by atoms with E-state index >= 15 is 0 Å². The molecule has 0 spiro atoms. The Kier molecular flexibility index (Phi) is 11.9. The summed E-state index contributed by atoms with van der Waals surface area (Å²) in [5.41, 5.74) is 12.8. The zero-order chi connectivity index (χ0) is 22.3. The summed E-state index contributed by atoms with van der Waals surface area (Å²) in [4.78, 5) is 0. The average Bonchev–Trinajstić information content (AvgIpc) is 2.78. The molecular formula is C24H41N7. The SMILES string of the molecule is CNCCC[C@H](CN)NC[C@@H](CCCNC(=N)N)NCCc1cccc2ccccc12. The first-order valence-corrected chi connectivity index (χ1v) is 11.5. The van der Waals surface area contributed by atoms with Crippen molar-refractivity contribution < 1.29 is 0 Å². The van der Waals surface area contributed by atoms with E-state index in [0.29, 0.717) is 18.6 Å². The third-order valence-electron chi connectivity index (χ3n) is 5.67. The van der Waals surface area contributed by atoms with Gasteiger partial charge in [-0.2, -0.15) is 0 Å². The Morgan fingerprint density at radius 2 is 1.68 bits per heavy atom. The molecule has 0 saturated heterocycles. The summed E-state index contributed by atoms with van der Waals surface area (Å²) < 4.78 is 0. The van der Waals surface area contributed by atoms with E-state index in [1.165, 1.54) is 16.3 Å². The van der Waals surface area contributed by atoms with Gasteiger partial charge in [-0.15, -0.1) is 0 Å². The Hall–Kier alpha value is -2.19. The van der Waals surface area contributed by atoms with Gasteiger partial charge in [0, 0.05) is 31.7 Å². The van der Waals surface area contributed by atoms with Gasteiger partial charge < -0.3 is 32.7 Å². The van der Waals surface area contributed by atoms with Gasteiger partial charge in [0.2, 0.25) is 0 Å². The molecule has 0 fully saturated rings. The molecule has 0 unspecified atom stereocenters. The molecule has 31 heavy (non-hydrogen) atoms. The fraction of sp³-hybridized carbons (Fsp3) is 0.542. The van der Waals surface area contributed by atoms with Gasteiger partial charge >= 0.3 is 0 Å². The van der Waals surface area contributed by atoms with Crippen molar-refractivity contribution in [3.05, 3.63) is 48.0 Å². The lowest BCUT2D eigenvalue weighted by Gasteiger charge is -2.24. The molecule has 0 bridgehead atoms. The summed E-state index contributed by atoms with van der Waals surface area (Å²) in [6.45, 7) is 4.20. The molecule has 0 heterocycles. The lowest BCUT2D eigenvalue weighted by Crippen LogP contribution is -2.46. The van der Waals surface area contributed by atoms with Gasteiger partial charge in [0.1, 0.15) is 0 Å². The molecular weight excluding hydrogens is 386 g/mol. The molecule has 0 aliphatic heterocycles. The van der Waals surface area contributed by atoms with E-state index < -0.39 is 0 Å². The Labute approximate surface area is 187 Å². The van der Waals surface area contributed by atoms with Crippen molar-refractivity contribution in [2.45, 2.75) is 44.2 Å². The number of hydrogen-bond acceptors (Lipinski definition) is 5. The van der Waals surface area contributed by atoms with Crippen LogP contribution in [0.2, 0.25) is 0 Å². The standard InChI is InChI=1S/C24H41N7/c1-28-14-5-10-21(17-25)31-18-22(11-6-15-30-24(26)27)29-16-13-20-9-4-8-19-7-2-3-12-23(19)20/h2-4,7-9,12,21-22,28-29,31H,5-6,10-11,13-18,25H2,1H3,(H4,26,27,30)/t21-,22-/m1/s1. The van der Waals surface area contributed by atoms with Crippen LogP contribution in [0.15, 0.2) is 42.5 Å². The van der Waals surface area contributed by atoms with Crippen LogP contribution in [0.25, 0.3) is 10.8 Å². The van der Waals surface area contributed by atoms with E-state index in [1.807, 2.05) is 7.05 Å². The molecule has 2 rings (SSSR count). The van der Waals surface area contributed by atoms with Crippen LogP contribution in [0.4, 0.5) is 0 Å². The number of fused-ring (bicyclic) bond motifs is 1. The van der Waals surface area contributed by atoms with Crippen molar-refractivity contribution >= 4 is 16.7 Å². The summed E-state index contributed by atoms with van der Waals surface area (Å²) in [6, 6.07) is 15.8. The zero-order valence-corrected chi connectivity index (χ0v) is 18.9. The summed E-state index contributed by atoms with van der Waals surface area (Å²) in [6.07, 6.45) is 5.15. The van der Waals surface area contributed by atoms with Crippen molar-refractivity contribution in [1.82, 2.24) is 21.3 Å². The minimum absolute atomic E-state index is 0.0336. The first-order chi connectivity index (χ1) is 15.1. The first kappa shape index (κ1) is 25.1. The predicted octanol–water partition coefficient (Wildman–Crippen LogP) is 1.52. The lowest BCUT2D eigenvalue weighted by molar-refractivity contribution is 0.394. The highest BCUT2D eigenvalue weighted by molar-refractivity contribution is 5.85. The van der Waals surface area contributed by atoms with Crippen LogP contribution in [0.5, 0.6) is 0 Å². The molecule has 7 nitrogen and oxygen atoms in total. The smallest absolute Gasteiger partial charge is 0.185 e. The lowest BCUT2D eigenvalue weighted by atomic mass is 10.0. The molecule has 0 amide bonds. The fourth-order valence-corrected chi connectivity index (χ4v) is 3.91. The van der Waals surface area contributed by atoms with Gasteiger partial charge in [-0.3, -0.25) is 5.41 Å². The number of rotatable bonds is 16. The van der Waals surface area contributed by atoms with Crippen molar-refractivity contribution in [2.75, 3.05) is 39.8 Å². The van der Waals surface area contributed by atoms with E-state index in [9.17, 15) is 0 Å². The third-order valence-corrected chi connectivity index (χ3v) is 5.67. The molecule has 2 aromatic carbocycles. The highest BCUT2D eigenvalue weighted by Crippen LogP contribution is 2.18. The Morgan fingerprint density at radius 3 is 2.45 bits per heavy atom. The van der Waals surface area contributed by atoms with E-state index in [4.69, 9.17) is 16.9 Å². The number of guanidine groups is 1. The van der Waals surface area contributed by atoms with Gasteiger partial charge in [0.05, 0.1) is 0 Å². The molecule has 172 valence electrons. The Balaban J connectivity index is 1.86. The molecule has 0 aromatic heterocycles. The van der Waals surface area contributed by atoms with Gasteiger partial charge in [-0.05, 0) is 68.6 Å². The Bertz CT molecular complexity index is 759. The number of benzene rings is 2. The van der Waals surface area contributed by atoms with Crippen molar-refractivity contribution in [1.29, 1.82) is 5.41 Å². The fourth-order valence-electron chi connectivity index (χ4n) is 3.91. The summed E-state index contributed by atoms with van der Waals surface area (Å²) in [7, 11) is 1.98. The third kappa shape index (κ3) is 9.65. The number of hydrogen-bond donors (Lipinski definition) is 7. The van der Waals surface area contributed by atoms with E-state index in [2.05, 4.69) is 63.7 Å². The predicted molar refractivity (Wildman–Crippen MR) is 133 cm³/mol. The number of nitrogens with two attached hydrogens (primary N) is 2. The summed E-state index contributed by atoms with van der Waals surface area (Å²) >= 11 is 0. The van der Waals surface area contributed by atoms with Crippen LogP contribution in [0.1, 0.15) is 31.2 Å². The molecule has 2 atom stereocenters. The quantitative estimate of drug-likeness (QED) is 0.124. The second-order valence-corrected chi connectivity index (χ2v) is 8.11. The second kappa shape index (κ2) is 14.8. The molecule has 0 radical (unpaired) electrons. The molecule has 0 saturated carbocycles. The second-order valence-electron chi connectivity index (χ2n) is 8.11. The van der Waals surface area contributed by atoms with Gasteiger partial charge in [0.15, 0.2) is 5.96 Å². The molecule has 0 aliphatic rings. The van der Waals surface area contributed by atoms with Crippen molar-refractivity contribution in [2.24, 2.45) is 11.5 Å². The first-order valence-electron chi connectivity index (χ1n) is 11.5. The van der Waals surface area contributed by atoms with Crippen LogP contribution in [0.3, 0.4) is 0 Å². The van der Waals surface area contributed by atoms with Gasteiger partial charge in [0.25, 0.3) is 0 Å². The summed E-state index contributed by atoms with van der Waals surface area (Å²) in [5, 5.41) is 23.4. The monoisotopic (exact) mass is 427 g/mol. The largest absolute Gasteiger partial charge is 0.370 e. The molecule has 2 aromatic rings. The van der Waals surface area contributed by atoms with Gasteiger partial charge in [-0.1, -0.05) is 42.5 Å². The minimum atomic E-state index is 0.0336. The average molecular weight is 428 g/mol. The van der Waals surface area contributed by atoms with Gasteiger partial charge in [-0.25, -0.2) is 0 Å². The highest BCUT2D eigenvalue weighted by atomic mass is 15.0. The highest BCUT2D eigenvalue weighted by Gasteiger charge is 2.12. The van der Waals surface area contributed by atoms with Crippen molar-refractivity contribution in [3.8, 4) is 0 Å². The maximum atomic E-state index is 7.31. The minimum Gasteiger partial charge on any atom is -0.370 e. The molecule has 9 N–H and O–H groups in total. The Morgan fingerprint density at radius 1 is 0.935 bits per heavy atom.